The molecule has 1 amide bonds. The number of aryl methyl sites for hydroxylation is 1. The Morgan fingerprint density at radius 3 is 2.72 bits per heavy atom. The number of thiophene rings is 1. The number of amides is 1. The highest BCUT2D eigenvalue weighted by Crippen LogP contribution is 2.21. The normalized spacial score (nSPS) is 10.3. The molecule has 0 saturated heterocycles. The van der Waals surface area contributed by atoms with Crippen molar-refractivity contribution < 1.29 is 4.79 Å². The average Bonchev–Trinajstić information content (AvgIpc) is 2.72. The molecule has 0 bridgehead atoms. The Labute approximate surface area is 110 Å². The SMILES string of the molecule is Cc1ccc(CNc2cc(N)ccc2C(N)=O)s1. The number of hydrogen-bond donors (Lipinski definition) is 3. The maximum atomic E-state index is 11.3. The van der Waals surface area contributed by atoms with E-state index < -0.39 is 5.91 Å². The summed E-state index contributed by atoms with van der Waals surface area (Å²) < 4.78 is 0. The van der Waals surface area contributed by atoms with Crippen molar-refractivity contribution in [1.82, 2.24) is 0 Å². The van der Waals surface area contributed by atoms with Gasteiger partial charge in [0.25, 0.3) is 5.91 Å². The number of rotatable bonds is 4. The summed E-state index contributed by atoms with van der Waals surface area (Å²) in [4.78, 5) is 13.8. The molecule has 18 heavy (non-hydrogen) atoms. The van der Waals surface area contributed by atoms with Crippen LogP contribution >= 0.6 is 11.3 Å². The summed E-state index contributed by atoms with van der Waals surface area (Å²) in [6, 6.07) is 9.15. The molecule has 0 atom stereocenters. The van der Waals surface area contributed by atoms with E-state index in [1.807, 2.05) is 0 Å². The van der Waals surface area contributed by atoms with Crippen LogP contribution in [-0.4, -0.2) is 5.91 Å². The maximum absolute atomic E-state index is 11.3. The smallest absolute Gasteiger partial charge is 0.250 e. The summed E-state index contributed by atoms with van der Waals surface area (Å²) >= 11 is 1.72. The summed E-state index contributed by atoms with van der Waals surface area (Å²) in [6.07, 6.45) is 0. The highest BCUT2D eigenvalue weighted by molar-refractivity contribution is 7.11. The van der Waals surface area contributed by atoms with Crippen LogP contribution in [0.15, 0.2) is 30.3 Å². The van der Waals surface area contributed by atoms with Gasteiger partial charge in [0.15, 0.2) is 0 Å². The van der Waals surface area contributed by atoms with Crippen LogP contribution in [0.5, 0.6) is 0 Å². The number of nitrogens with two attached hydrogens (primary N) is 2. The maximum Gasteiger partial charge on any atom is 0.250 e. The third kappa shape index (κ3) is 2.81. The highest BCUT2D eigenvalue weighted by atomic mass is 32.1. The van der Waals surface area contributed by atoms with Crippen LogP contribution in [0.4, 0.5) is 11.4 Å². The van der Waals surface area contributed by atoms with Gasteiger partial charge in [-0.2, -0.15) is 0 Å². The molecule has 4 nitrogen and oxygen atoms in total. The van der Waals surface area contributed by atoms with Crippen molar-refractivity contribution in [2.75, 3.05) is 11.1 Å². The molecule has 1 aromatic heterocycles. The average molecular weight is 261 g/mol. The largest absolute Gasteiger partial charge is 0.399 e. The van der Waals surface area contributed by atoms with E-state index >= 15 is 0 Å². The molecule has 0 aliphatic heterocycles. The quantitative estimate of drug-likeness (QED) is 0.739. The second kappa shape index (κ2) is 5.10. The molecule has 1 aromatic carbocycles. The molecule has 5 N–H and O–H groups in total. The second-order valence-corrected chi connectivity index (χ2v) is 5.41. The van der Waals surface area contributed by atoms with Crippen LogP contribution in [-0.2, 0) is 6.54 Å². The molecule has 0 radical (unpaired) electrons. The van der Waals surface area contributed by atoms with Crippen molar-refractivity contribution in [1.29, 1.82) is 0 Å². The molecular weight excluding hydrogens is 246 g/mol. The van der Waals surface area contributed by atoms with Gasteiger partial charge in [-0.3, -0.25) is 4.79 Å². The first-order valence-corrected chi connectivity index (χ1v) is 6.36. The Balaban J connectivity index is 2.17. The number of primary amides is 1. The molecule has 0 fully saturated rings. The fraction of sp³-hybridized carbons (Fsp3) is 0.154. The minimum absolute atomic E-state index is 0.456. The van der Waals surface area contributed by atoms with Gasteiger partial charge in [0.05, 0.1) is 5.56 Å². The summed E-state index contributed by atoms with van der Waals surface area (Å²) in [5.41, 5.74) is 12.8. The first kappa shape index (κ1) is 12.4. The number of anilines is 2. The zero-order chi connectivity index (χ0) is 13.1. The zero-order valence-electron chi connectivity index (χ0n) is 10.1. The Kier molecular flexibility index (Phi) is 3.53. The van der Waals surface area contributed by atoms with E-state index in [2.05, 4.69) is 24.4 Å². The Hall–Kier alpha value is -2.01. The van der Waals surface area contributed by atoms with Gasteiger partial charge in [-0.05, 0) is 37.3 Å². The molecule has 1 heterocycles. The molecule has 0 aliphatic carbocycles. The van der Waals surface area contributed by atoms with Gasteiger partial charge < -0.3 is 16.8 Å². The number of carbonyl (C=O) groups excluding carboxylic acids is 1. The standard InChI is InChI=1S/C13H15N3OS/c1-8-2-4-10(18-8)7-16-12-6-9(14)3-5-11(12)13(15)17/h2-6,16H,7,14H2,1H3,(H2,15,17). The lowest BCUT2D eigenvalue weighted by Gasteiger charge is -2.10. The first-order chi connectivity index (χ1) is 8.56. The molecular formula is C13H15N3OS. The predicted molar refractivity (Wildman–Crippen MR) is 75.8 cm³/mol. The molecule has 2 aromatic rings. The lowest BCUT2D eigenvalue weighted by atomic mass is 10.1. The summed E-state index contributed by atoms with van der Waals surface area (Å²) in [5, 5.41) is 3.19. The number of carbonyl (C=O) groups is 1. The molecule has 0 unspecified atom stereocenters. The van der Waals surface area contributed by atoms with Gasteiger partial charge in [0.2, 0.25) is 0 Å². The van der Waals surface area contributed by atoms with Crippen molar-refractivity contribution in [3.05, 3.63) is 45.6 Å². The zero-order valence-corrected chi connectivity index (χ0v) is 10.9. The molecule has 0 saturated carbocycles. The van der Waals surface area contributed by atoms with Crippen LogP contribution in [0, 0.1) is 6.92 Å². The van der Waals surface area contributed by atoms with E-state index in [1.165, 1.54) is 9.75 Å². The highest BCUT2D eigenvalue weighted by Gasteiger charge is 2.08. The van der Waals surface area contributed by atoms with E-state index in [4.69, 9.17) is 11.5 Å². The molecule has 5 heteroatoms. The van der Waals surface area contributed by atoms with Crippen LogP contribution < -0.4 is 16.8 Å². The Morgan fingerprint density at radius 2 is 2.11 bits per heavy atom. The van der Waals surface area contributed by atoms with Gasteiger partial charge in [-0.1, -0.05) is 0 Å². The van der Waals surface area contributed by atoms with E-state index in [0.717, 1.165) is 0 Å². The number of hydrogen-bond acceptors (Lipinski definition) is 4. The number of nitrogen functional groups attached to an aromatic ring is 1. The van der Waals surface area contributed by atoms with Crippen molar-refractivity contribution in [3.8, 4) is 0 Å². The summed E-state index contributed by atoms with van der Waals surface area (Å²) in [7, 11) is 0. The second-order valence-electron chi connectivity index (χ2n) is 4.04. The van der Waals surface area contributed by atoms with Crippen molar-refractivity contribution in [2.45, 2.75) is 13.5 Å². The molecule has 0 aliphatic rings. The summed E-state index contributed by atoms with van der Waals surface area (Å²) in [5.74, 6) is -0.458. The fourth-order valence-electron chi connectivity index (χ4n) is 1.69. The van der Waals surface area contributed by atoms with Gasteiger partial charge in [0.1, 0.15) is 0 Å². The number of nitrogens with one attached hydrogen (secondary N) is 1. The third-order valence-electron chi connectivity index (χ3n) is 2.56. The fourth-order valence-corrected chi connectivity index (χ4v) is 2.52. The van der Waals surface area contributed by atoms with Gasteiger partial charge in [-0.15, -0.1) is 11.3 Å². The topological polar surface area (TPSA) is 81.1 Å². The Morgan fingerprint density at radius 1 is 1.33 bits per heavy atom. The lowest BCUT2D eigenvalue weighted by Crippen LogP contribution is -2.14. The van der Waals surface area contributed by atoms with Gasteiger partial charge >= 0.3 is 0 Å². The van der Waals surface area contributed by atoms with Gasteiger partial charge in [-0.25, -0.2) is 0 Å². The number of benzene rings is 1. The minimum Gasteiger partial charge on any atom is -0.399 e. The monoisotopic (exact) mass is 261 g/mol. The van der Waals surface area contributed by atoms with Crippen molar-refractivity contribution >= 4 is 28.6 Å². The first-order valence-electron chi connectivity index (χ1n) is 5.55. The van der Waals surface area contributed by atoms with Gasteiger partial charge in [0, 0.05) is 27.7 Å². The molecule has 0 spiro atoms. The molecule has 2 rings (SSSR count). The van der Waals surface area contributed by atoms with Crippen molar-refractivity contribution in [2.24, 2.45) is 5.73 Å². The van der Waals surface area contributed by atoms with Crippen LogP contribution in [0.25, 0.3) is 0 Å². The Bertz CT molecular complexity index is 577. The lowest BCUT2D eigenvalue weighted by molar-refractivity contribution is 0.100. The van der Waals surface area contributed by atoms with E-state index in [9.17, 15) is 4.79 Å². The van der Waals surface area contributed by atoms with Crippen LogP contribution in [0.1, 0.15) is 20.1 Å². The van der Waals surface area contributed by atoms with E-state index in [1.54, 1.807) is 29.5 Å². The van der Waals surface area contributed by atoms with Crippen molar-refractivity contribution in [3.63, 3.8) is 0 Å². The van der Waals surface area contributed by atoms with E-state index in [0.29, 0.717) is 23.5 Å². The third-order valence-corrected chi connectivity index (χ3v) is 3.56. The predicted octanol–water partition coefficient (Wildman–Crippen LogP) is 2.35. The summed E-state index contributed by atoms with van der Waals surface area (Å²) in [6.45, 7) is 2.71. The van der Waals surface area contributed by atoms with Crippen LogP contribution in [0.2, 0.25) is 0 Å². The van der Waals surface area contributed by atoms with Crippen LogP contribution in [0.3, 0.4) is 0 Å². The molecule has 94 valence electrons. The van der Waals surface area contributed by atoms with E-state index in [-0.39, 0.29) is 0 Å². The minimum atomic E-state index is -0.458.